The predicted molar refractivity (Wildman–Crippen MR) is 229 cm³/mol. The van der Waals surface area contributed by atoms with Crippen molar-refractivity contribution in [3.8, 4) is 45.3 Å². The summed E-state index contributed by atoms with van der Waals surface area (Å²) in [4.78, 5) is 15.5. The van der Waals surface area contributed by atoms with Gasteiger partial charge >= 0.3 is 0 Å². The zero-order chi connectivity index (χ0) is 36.7. The summed E-state index contributed by atoms with van der Waals surface area (Å²) in [7, 11) is 0. The molecule has 0 fully saturated rings. The summed E-state index contributed by atoms with van der Waals surface area (Å²) in [6, 6.07) is 61.1. The maximum absolute atomic E-state index is 6.27. The van der Waals surface area contributed by atoms with Gasteiger partial charge in [0.05, 0.1) is 0 Å². The molecule has 56 heavy (non-hydrogen) atoms. The van der Waals surface area contributed by atoms with Crippen LogP contribution < -0.4 is 0 Å². The Labute approximate surface area is 320 Å². The average molecular weight is 716 g/mol. The number of fused-ring (bicyclic) bond motifs is 11. The molecule has 0 saturated heterocycles. The number of para-hydroxylation sites is 2. The van der Waals surface area contributed by atoms with Crippen molar-refractivity contribution in [2.24, 2.45) is 0 Å². The number of aromatic nitrogens is 3. The number of furan rings is 2. The van der Waals surface area contributed by atoms with Crippen molar-refractivity contribution in [2.45, 2.75) is 0 Å². The van der Waals surface area contributed by atoms with Gasteiger partial charge in [0.2, 0.25) is 0 Å². The second-order valence-electron chi connectivity index (χ2n) is 14.4. The predicted octanol–water partition coefficient (Wildman–Crippen LogP) is 13.8. The number of hydrogen-bond acceptors (Lipinski definition) is 5. The van der Waals surface area contributed by atoms with Crippen LogP contribution in [0.5, 0.6) is 0 Å². The second-order valence-corrected chi connectivity index (χ2v) is 14.4. The van der Waals surface area contributed by atoms with Crippen LogP contribution in [0.1, 0.15) is 0 Å². The fraction of sp³-hybridized carbons (Fsp3) is 0. The minimum atomic E-state index is 0.595. The molecule has 5 heteroatoms. The van der Waals surface area contributed by atoms with E-state index in [0.29, 0.717) is 17.5 Å². The molecule has 9 aromatic carbocycles. The first-order valence-electron chi connectivity index (χ1n) is 18.8. The van der Waals surface area contributed by atoms with Gasteiger partial charge in [0, 0.05) is 38.2 Å². The zero-order valence-electron chi connectivity index (χ0n) is 29.9. The van der Waals surface area contributed by atoms with E-state index >= 15 is 0 Å². The molecule has 0 aliphatic carbocycles. The van der Waals surface area contributed by atoms with E-state index in [2.05, 4.69) is 133 Å². The number of rotatable bonds is 4. The van der Waals surface area contributed by atoms with Gasteiger partial charge in [-0.15, -0.1) is 0 Å². The minimum absolute atomic E-state index is 0.595. The SMILES string of the molecule is c1ccc2c(c1)ccc1cc(-c3nc(-c4ccc(-c5ccc6c(ccc7oc8ccccc8c76)c5)cc4)nc(-c4cccc5oc6ccccc6c45)n3)ccc12. The lowest BCUT2D eigenvalue weighted by atomic mass is 9.97. The summed E-state index contributed by atoms with van der Waals surface area (Å²) in [5.74, 6) is 1.81. The first-order chi connectivity index (χ1) is 27.7. The van der Waals surface area contributed by atoms with E-state index in [1.807, 2.05) is 42.5 Å². The van der Waals surface area contributed by atoms with Crippen LogP contribution in [0.4, 0.5) is 0 Å². The van der Waals surface area contributed by atoms with Gasteiger partial charge in [0.1, 0.15) is 22.3 Å². The van der Waals surface area contributed by atoms with E-state index < -0.39 is 0 Å². The van der Waals surface area contributed by atoms with Gasteiger partial charge in [0.25, 0.3) is 0 Å². The van der Waals surface area contributed by atoms with Crippen LogP contribution in [-0.2, 0) is 0 Å². The van der Waals surface area contributed by atoms with Crippen molar-refractivity contribution in [2.75, 3.05) is 0 Å². The lowest BCUT2D eigenvalue weighted by Gasteiger charge is -2.11. The summed E-state index contributed by atoms with van der Waals surface area (Å²) in [5, 5.41) is 11.4. The van der Waals surface area contributed by atoms with Gasteiger partial charge < -0.3 is 8.83 Å². The zero-order valence-corrected chi connectivity index (χ0v) is 29.9. The standard InChI is InChI=1S/C51H29N3O2/c1-2-9-37-31(8-1)18-21-34-29-36(23-25-38(34)37)50-52-49(53-51(54-50)42-12-7-15-45-48(42)41-11-4-6-14-44(41)55-45)32-19-16-30(17-20-32)33-22-26-39-35(28-33)24-27-46-47(39)40-10-3-5-13-43(40)56-46/h1-29H. The molecular formula is C51H29N3O2. The van der Waals surface area contributed by atoms with Crippen molar-refractivity contribution in [3.63, 3.8) is 0 Å². The fourth-order valence-corrected chi connectivity index (χ4v) is 8.41. The molecule has 0 atom stereocenters. The van der Waals surface area contributed by atoms with E-state index in [1.54, 1.807) is 0 Å². The van der Waals surface area contributed by atoms with E-state index in [9.17, 15) is 0 Å². The van der Waals surface area contributed by atoms with Crippen LogP contribution >= 0.6 is 0 Å². The third-order valence-electron chi connectivity index (χ3n) is 11.1. The van der Waals surface area contributed by atoms with E-state index in [4.69, 9.17) is 23.8 Å². The van der Waals surface area contributed by atoms with Crippen molar-refractivity contribution in [1.29, 1.82) is 0 Å². The molecule has 0 radical (unpaired) electrons. The van der Waals surface area contributed by atoms with E-state index in [-0.39, 0.29) is 0 Å². The summed E-state index contributed by atoms with van der Waals surface area (Å²) < 4.78 is 12.4. The smallest absolute Gasteiger partial charge is 0.164 e. The van der Waals surface area contributed by atoms with Gasteiger partial charge in [0.15, 0.2) is 17.5 Å². The first kappa shape index (κ1) is 30.8. The fourth-order valence-electron chi connectivity index (χ4n) is 8.41. The molecular weight excluding hydrogens is 687 g/mol. The molecule has 0 unspecified atom stereocenters. The molecule has 5 nitrogen and oxygen atoms in total. The normalized spacial score (nSPS) is 11.9. The third kappa shape index (κ3) is 4.78. The molecule has 12 aromatic rings. The molecule has 0 spiro atoms. The highest BCUT2D eigenvalue weighted by Gasteiger charge is 2.18. The Kier molecular flexibility index (Phi) is 6.56. The van der Waals surface area contributed by atoms with Crippen molar-refractivity contribution in [1.82, 2.24) is 15.0 Å². The molecule has 3 heterocycles. The molecule has 260 valence electrons. The Morgan fingerprint density at radius 3 is 1.62 bits per heavy atom. The molecule has 0 saturated carbocycles. The minimum Gasteiger partial charge on any atom is -0.456 e. The Morgan fingerprint density at radius 1 is 0.286 bits per heavy atom. The third-order valence-corrected chi connectivity index (χ3v) is 11.1. The summed E-state index contributed by atoms with van der Waals surface area (Å²) in [6.07, 6.45) is 0. The molecule has 0 aliphatic rings. The largest absolute Gasteiger partial charge is 0.456 e. The molecule has 0 N–H and O–H groups in total. The van der Waals surface area contributed by atoms with Crippen molar-refractivity contribution < 1.29 is 8.83 Å². The summed E-state index contributed by atoms with van der Waals surface area (Å²) >= 11 is 0. The van der Waals surface area contributed by atoms with E-state index in [0.717, 1.165) is 77.1 Å². The van der Waals surface area contributed by atoms with Crippen LogP contribution in [0, 0.1) is 0 Å². The van der Waals surface area contributed by atoms with Crippen LogP contribution in [0.3, 0.4) is 0 Å². The van der Waals surface area contributed by atoms with Gasteiger partial charge in [-0.2, -0.15) is 0 Å². The van der Waals surface area contributed by atoms with Crippen molar-refractivity contribution in [3.05, 3.63) is 176 Å². The molecule has 0 aliphatic heterocycles. The Hall–Kier alpha value is -7.63. The lowest BCUT2D eigenvalue weighted by molar-refractivity contribution is 0.668. The highest BCUT2D eigenvalue weighted by Crippen LogP contribution is 2.39. The van der Waals surface area contributed by atoms with Crippen LogP contribution in [0.15, 0.2) is 185 Å². The average Bonchev–Trinajstić information content (AvgIpc) is 3.85. The van der Waals surface area contributed by atoms with E-state index in [1.165, 1.54) is 26.9 Å². The number of benzene rings is 9. The molecule has 0 bridgehead atoms. The summed E-state index contributed by atoms with van der Waals surface area (Å²) in [6.45, 7) is 0. The monoisotopic (exact) mass is 715 g/mol. The van der Waals surface area contributed by atoms with Crippen LogP contribution in [0.2, 0.25) is 0 Å². The second kappa shape index (κ2) is 11.9. The molecule has 12 rings (SSSR count). The topological polar surface area (TPSA) is 65.0 Å². The maximum atomic E-state index is 6.27. The lowest BCUT2D eigenvalue weighted by Crippen LogP contribution is -2.00. The van der Waals surface area contributed by atoms with Crippen molar-refractivity contribution >= 4 is 76.2 Å². The molecule has 3 aromatic heterocycles. The highest BCUT2D eigenvalue weighted by molar-refractivity contribution is 6.19. The Bertz CT molecular complexity index is 3540. The maximum Gasteiger partial charge on any atom is 0.164 e. The number of nitrogens with zero attached hydrogens (tertiary/aromatic N) is 3. The van der Waals surface area contributed by atoms with Crippen LogP contribution in [-0.4, -0.2) is 15.0 Å². The Balaban J connectivity index is 0.996. The first-order valence-corrected chi connectivity index (χ1v) is 18.8. The van der Waals surface area contributed by atoms with Gasteiger partial charge in [-0.05, 0) is 79.8 Å². The van der Waals surface area contributed by atoms with Gasteiger partial charge in [-0.3, -0.25) is 0 Å². The summed E-state index contributed by atoms with van der Waals surface area (Å²) in [5.41, 5.74) is 8.41. The quantitative estimate of drug-likeness (QED) is 0.170. The Morgan fingerprint density at radius 2 is 0.804 bits per heavy atom. The highest BCUT2D eigenvalue weighted by atomic mass is 16.3. The van der Waals surface area contributed by atoms with Crippen LogP contribution in [0.25, 0.3) is 121 Å². The van der Waals surface area contributed by atoms with Gasteiger partial charge in [-0.25, -0.2) is 15.0 Å². The van der Waals surface area contributed by atoms with Gasteiger partial charge in [-0.1, -0.05) is 140 Å². The number of hydrogen-bond donors (Lipinski definition) is 0. The molecule has 0 amide bonds.